The summed E-state index contributed by atoms with van der Waals surface area (Å²) in [5.41, 5.74) is 4.39. The van der Waals surface area contributed by atoms with Crippen molar-refractivity contribution < 1.29 is 90.8 Å². The molecule has 9 heterocycles. The molecule has 5 N–H and O–H groups in total. The number of hydrogen-bond acceptors (Lipinski definition) is 21. The Morgan fingerprint density at radius 2 is 1.10 bits per heavy atom. The van der Waals surface area contributed by atoms with Crippen LogP contribution in [0.4, 0.5) is 32.3 Å². The Labute approximate surface area is 623 Å². The molecule has 1 fully saturated rings. The summed E-state index contributed by atoms with van der Waals surface area (Å²) in [6.45, 7) is 10.5. The number of methoxy groups -OCH3 is 2. The number of rotatable bonds is 9. The minimum atomic E-state index is -1.10. The lowest BCUT2D eigenvalue weighted by Gasteiger charge is -2.32. The number of likely N-dealkylation sites (tertiary alicyclic amines) is 1. The summed E-state index contributed by atoms with van der Waals surface area (Å²) in [6.07, 6.45) is 3.91. The SMILES string of the molecule is COc1cc2c3cc1OCCCOc1cc4c(cc1OC)C(=O)N1CC(C)=C[C@H]1C(C)N4C(=O)OCc1ccc(cc1)NC(=O)[C@H](C)NC(=O)[C@H](C)CC(=O)CN(CC(=O)NCCCN1C(=O)CC(SC)C1=O)CC(=O)C[C@@H](C)C(=O)N[C@@H](C)C(=O)Nc1ccc(cc1)COC(=O)N3C[C@@H]1C=C(C)CN1C2=O. The van der Waals surface area contributed by atoms with Gasteiger partial charge in [0.2, 0.25) is 41.4 Å². The van der Waals surface area contributed by atoms with Crippen LogP contribution in [0.3, 0.4) is 0 Å². The van der Waals surface area contributed by atoms with Crippen molar-refractivity contribution in [2.45, 2.75) is 129 Å². The molecule has 11 amide bonds. The van der Waals surface area contributed by atoms with Gasteiger partial charge in [-0.05, 0) is 94.8 Å². The topological polar surface area (TPSA) is 357 Å². The van der Waals surface area contributed by atoms with Gasteiger partial charge in [-0.1, -0.05) is 61.4 Å². The van der Waals surface area contributed by atoms with Gasteiger partial charge in [0.05, 0.1) is 99.5 Å². The Morgan fingerprint density at radius 3 is 1.64 bits per heavy atom. The first-order valence-electron chi connectivity index (χ1n) is 35.5. The van der Waals surface area contributed by atoms with Crippen LogP contribution in [0.2, 0.25) is 0 Å². The standard InChI is InChI=1S/C76H91N11O19S/c1-42-25-53-36-86-59-31-63(61(101-8)29-56(59)72(96)84(53)34-42)103-23-12-24-104-64-32-60-57(30-62(64)102-9)73(97)85-35-43(2)26-58(85)48(7)87(60)76(100)106-41-50-15-19-52(20-16-50)81-71(95)47(6)79-69(93)45(4)28-55(89)38-82(39-66(90)77-21-11-22-83-67(91)33-65(107-10)74(83)98)37-54(88)27-44(3)68(92)78-46(5)70(94)80-51-17-13-49(14-18-51)40-105-75(86)99/h13-20,25-26,29-32,44-48,53,58,65H,11-12,21-24,27-28,33-41H2,1-10H3,(H,77,90)(H,78,92)(H,79,93)(H,80,94)(H,81,95)/t44-,45-,46+,47+,48?,53+,58+,65?/m1/s1. The van der Waals surface area contributed by atoms with Gasteiger partial charge in [-0.25, -0.2) is 9.59 Å². The van der Waals surface area contributed by atoms with Gasteiger partial charge in [0.15, 0.2) is 23.0 Å². The number of anilines is 4. The molecule has 8 atom stereocenters. The first-order valence-corrected chi connectivity index (χ1v) is 36.8. The number of fused-ring (bicyclic) bond motifs is 2. The third-order valence-corrected chi connectivity index (χ3v) is 20.2. The van der Waals surface area contributed by atoms with Crippen molar-refractivity contribution in [2.75, 3.05) is 106 Å². The van der Waals surface area contributed by atoms with Crippen LogP contribution >= 0.6 is 11.8 Å². The van der Waals surface area contributed by atoms with E-state index in [1.54, 1.807) is 76.7 Å². The molecule has 13 rings (SSSR count). The summed E-state index contributed by atoms with van der Waals surface area (Å²) in [4.78, 5) is 187. The first-order chi connectivity index (χ1) is 51.1. The average Bonchev–Trinajstić information content (AvgIpc) is 1.63. The zero-order chi connectivity index (χ0) is 77.1. The molecule has 30 nitrogen and oxygen atoms in total. The third kappa shape index (κ3) is 19.1. The molecule has 9 aliphatic rings. The molecule has 1 saturated heterocycles. The Bertz CT molecular complexity index is 4210. The molecule has 9 aliphatic heterocycles. The number of amides is 11. The second-order valence-electron chi connectivity index (χ2n) is 27.7. The molecule has 0 aliphatic carbocycles. The van der Waals surface area contributed by atoms with Gasteiger partial charge in [-0.3, -0.25) is 72.3 Å². The van der Waals surface area contributed by atoms with E-state index in [4.69, 9.17) is 28.4 Å². The third-order valence-electron chi connectivity index (χ3n) is 19.3. The highest BCUT2D eigenvalue weighted by Gasteiger charge is 2.45. The number of ether oxygens (including phenoxy) is 6. The fourth-order valence-corrected chi connectivity index (χ4v) is 14.1. The minimum Gasteiger partial charge on any atom is -0.493 e. The van der Waals surface area contributed by atoms with E-state index in [-0.39, 0.29) is 147 Å². The van der Waals surface area contributed by atoms with Gasteiger partial charge in [0.1, 0.15) is 36.9 Å². The number of carbonyl (C=O) groups excluding carboxylic acids is 13. The second-order valence-corrected chi connectivity index (χ2v) is 28.7. The predicted molar refractivity (Wildman–Crippen MR) is 394 cm³/mol. The number of Topliss-reactive ketones (excluding diaryl/α,β-unsaturated/α-hetero) is 2. The molecule has 0 spiro atoms. The number of benzene rings is 4. The maximum absolute atomic E-state index is 14.6. The lowest BCUT2D eigenvalue weighted by Crippen LogP contribution is -2.49. The van der Waals surface area contributed by atoms with Crippen molar-refractivity contribution in [2.24, 2.45) is 11.8 Å². The smallest absolute Gasteiger partial charge is 0.414 e. The zero-order valence-corrected chi connectivity index (χ0v) is 62.4. The van der Waals surface area contributed by atoms with E-state index >= 15 is 0 Å². The molecule has 31 heteroatoms. The fourth-order valence-electron chi connectivity index (χ4n) is 13.5. The number of nitrogens with one attached hydrogen (secondary N) is 5. The predicted octanol–water partition coefficient (Wildman–Crippen LogP) is 6.18. The molecule has 570 valence electrons. The molecular weight excluding hydrogens is 1400 g/mol. The lowest BCUT2D eigenvalue weighted by atomic mass is 10.0. The maximum atomic E-state index is 14.6. The van der Waals surface area contributed by atoms with E-state index in [2.05, 4.69) is 26.6 Å². The maximum Gasteiger partial charge on any atom is 0.414 e. The van der Waals surface area contributed by atoms with Crippen LogP contribution in [0.15, 0.2) is 96.1 Å². The van der Waals surface area contributed by atoms with Crippen LogP contribution in [-0.2, 0) is 65.8 Å². The number of carbonyl (C=O) groups is 13. The van der Waals surface area contributed by atoms with Gasteiger partial charge in [0, 0.05) is 87.2 Å². The van der Waals surface area contributed by atoms with Crippen LogP contribution in [0, 0.1) is 11.8 Å². The number of ketones is 2. The van der Waals surface area contributed by atoms with Crippen LogP contribution in [0.5, 0.6) is 23.0 Å². The van der Waals surface area contributed by atoms with Crippen LogP contribution in [0.1, 0.15) is 112 Å². The van der Waals surface area contributed by atoms with E-state index in [0.717, 1.165) is 16.0 Å². The van der Waals surface area contributed by atoms with E-state index in [1.165, 1.54) is 80.5 Å². The monoisotopic (exact) mass is 1490 g/mol. The van der Waals surface area contributed by atoms with Crippen molar-refractivity contribution in [3.8, 4) is 23.0 Å². The van der Waals surface area contributed by atoms with Crippen LogP contribution < -0.4 is 55.3 Å². The lowest BCUT2D eigenvalue weighted by molar-refractivity contribution is -0.138. The number of imide groups is 1. The average molecular weight is 1490 g/mol. The summed E-state index contributed by atoms with van der Waals surface area (Å²) in [7, 11) is 2.86. The molecule has 4 aromatic rings. The normalized spacial score (nSPS) is 23.8. The molecule has 0 radical (unpaired) electrons. The van der Waals surface area contributed by atoms with Crippen molar-refractivity contribution >= 4 is 111 Å². The first kappa shape index (κ1) is 78.8. The van der Waals surface area contributed by atoms with E-state index in [1.807, 2.05) is 32.9 Å². The number of thioether (sulfide) groups is 1. The van der Waals surface area contributed by atoms with E-state index < -0.39 is 120 Å². The van der Waals surface area contributed by atoms with Gasteiger partial charge in [-0.15, -0.1) is 0 Å². The summed E-state index contributed by atoms with van der Waals surface area (Å²) in [5.74, 6) is -6.59. The fraction of sp³-hybridized carbons (Fsp3) is 0.461. The summed E-state index contributed by atoms with van der Waals surface area (Å²) in [6, 6.07) is 15.2. The Balaban J connectivity index is 0.870. The van der Waals surface area contributed by atoms with Crippen LogP contribution in [0.25, 0.3) is 0 Å². The van der Waals surface area contributed by atoms with Crippen molar-refractivity contribution in [1.29, 1.82) is 0 Å². The molecule has 4 aromatic carbocycles. The van der Waals surface area contributed by atoms with Crippen molar-refractivity contribution in [3.05, 3.63) is 118 Å². The van der Waals surface area contributed by atoms with Gasteiger partial charge >= 0.3 is 12.2 Å². The molecule has 0 aromatic heterocycles. The molecule has 107 heavy (non-hydrogen) atoms. The zero-order valence-electron chi connectivity index (χ0n) is 61.6. The number of hydrogen-bond donors (Lipinski definition) is 5. The van der Waals surface area contributed by atoms with Gasteiger partial charge in [-0.2, -0.15) is 11.8 Å². The highest BCUT2D eigenvalue weighted by atomic mass is 32.2. The molecular formula is C76H91N11O19S. The highest BCUT2D eigenvalue weighted by molar-refractivity contribution is 8.00. The number of nitrogens with zero attached hydrogens (tertiary/aromatic N) is 6. The van der Waals surface area contributed by atoms with E-state index in [9.17, 15) is 62.3 Å². The Morgan fingerprint density at radius 1 is 0.598 bits per heavy atom. The molecule has 0 saturated carbocycles. The van der Waals surface area contributed by atoms with Gasteiger partial charge in [0.25, 0.3) is 11.8 Å². The summed E-state index contributed by atoms with van der Waals surface area (Å²) in [5, 5.41) is 13.0. The van der Waals surface area contributed by atoms with Crippen molar-refractivity contribution in [1.82, 2.24) is 35.6 Å². The van der Waals surface area contributed by atoms with Crippen molar-refractivity contribution in [3.63, 3.8) is 0 Å². The summed E-state index contributed by atoms with van der Waals surface area (Å²) >= 11 is 1.28. The molecule has 8 bridgehead atoms. The largest absolute Gasteiger partial charge is 0.493 e. The van der Waals surface area contributed by atoms with E-state index in [0.29, 0.717) is 35.6 Å². The summed E-state index contributed by atoms with van der Waals surface area (Å²) < 4.78 is 36.2. The Kier molecular flexibility index (Phi) is 25.8. The minimum absolute atomic E-state index is 0.0382. The Hall–Kier alpha value is -10.8. The highest BCUT2D eigenvalue weighted by Crippen LogP contribution is 2.43. The quantitative estimate of drug-likeness (QED) is 0.0709. The molecule has 2 unspecified atom stereocenters. The van der Waals surface area contributed by atoms with Gasteiger partial charge < -0.3 is 64.8 Å². The second kappa shape index (κ2) is 35.1. The van der Waals surface area contributed by atoms with Crippen LogP contribution in [-0.4, -0.2) is 218 Å².